The summed E-state index contributed by atoms with van der Waals surface area (Å²) in [5.41, 5.74) is 4.20. The Morgan fingerprint density at radius 3 is 2.71 bits per heavy atom. The Kier molecular flexibility index (Phi) is 4.13. The molecule has 1 aromatic carbocycles. The lowest BCUT2D eigenvalue weighted by Crippen LogP contribution is -2.21. The van der Waals surface area contributed by atoms with Crippen molar-refractivity contribution in [3.05, 3.63) is 29.3 Å². The fourth-order valence-corrected chi connectivity index (χ4v) is 3.05. The van der Waals surface area contributed by atoms with E-state index in [-0.39, 0.29) is 0 Å². The van der Waals surface area contributed by atoms with Gasteiger partial charge in [0.1, 0.15) is 0 Å². The first-order chi connectivity index (χ1) is 8.11. The van der Waals surface area contributed by atoms with E-state index in [1.165, 1.54) is 36.3 Å². The molecule has 2 heteroatoms. The van der Waals surface area contributed by atoms with E-state index in [1.807, 2.05) is 0 Å². The maximum absolute atomic E-state index is 3.51. The van der Waals surface area contributed by atoms with Crippen LogP contribution in [0, 0.1) is 18.8 Å². The van der Waals surface area contributed by atoms with Gasteiger partial charge in [-0.05, 0) is 42.4 Å². The molecule has 1 saturated heterocycles. The predicted octanol–water partition coefficient (Wildman–Crippen LogP) is 4.37. The molecule has 1 atom stereocenters. The van der Waals surface area contributed by atoms with Gasteiger partial charge < -0.3 is 4.90 Å². The molecule has 0 spiro atoms. The second kappa shape index (κ2) is 5.43. The molecule has 1 nitrogen and oxygen atoms in total. The molecule has 94 valence electrons. The first kappa shape index (κ1) is 12.9. The molecular formula is C15H22BrN. The Labute approximate surface area is 113 Å². The van der Waals surface area contributed by atoms with Crippen LogP contribution < -0.4 is 4.90 Å². The number of alkyl halides is 1. The number of anilines is 1. The van der Waals surface area contributed by atoms with Crippen LogP contribution in [0.1, 0.15) is 31.4 Å². The summed E-state index contributed by atoms with van der Waals surface area (Å²) in [6.45, 7) is 9.36. The maximum Gasteiger partial charge on any atom is 0.0396 e. The topological polar surface area (TPSA) is 3.24 Å². The van der Waals surface area contributed by atoms with Gasteiger partial charge in [-0.2, -0.15) is 0 Å². The zero-order chi connectivity index (χ0) is 12.4. The maximum atomic E-state index is 3.51. The molecular weight excluding hydrogens is 274 g/mol. The van der Waals surface area contributed by atoms with Crippen molar-refractivity contribution in [1.82, 2.24) is 0 Å². The molecule has 0 radical (unpaired) electrons. The molecule has 0 aliphatic carbocycles. The Balaban J connectivity index is 2.13. The lowest BCUT2D eigenvalue weighted by Gasteiger charge is -2.22. The minimum Gasteiger partial charge on any atom is -0.371 e. The van der Waals surface area contributed by atoms with Crippen molar-refractivity contribution in [2.24, 2.45) is 11.8 Å². The van der Waals surface area contributed by atoms with Gasteiger partial charge in [0.15, 0.2) is 0 Å². The van der Waals surface area contributed by atoms with Gasteiger partial charge in [-0.3, -0.25) is 0 Å². The standard InChI is InChI=1S/C15H22BrN/c1-11(2)14-6-7-17(10-14)15-5-4-13(9-16)8-12(15)3/h4-5,8,11,14H,6-7,9-10H2,1-3H3. The fraction of sp³-hybridized carbons (Fsp3) is 0.600. The summed E-state index contributed by atoms with van der Waals surface area (Å²) >= 11 is 3.51. The molecule has 0 aromatic heterocycles. The van der Waals surface area contributed by atoms with E-state index in [1.54, 1.807) is 0 Å². The smallest absolute Gasteiger partial charge is 0.0396 e. The lowest BCUT2D eigenvalue weighted by atomic mass is 9.95. The Morgan fingerprint density at radius 2 is 2.18 bits per heavy atom. The van der Waals surface area contributed by atoms with Crippen LogP contribution in [0.2, 0.25) is 0 Å². The number of halogens is 1. The van der Waals surface area contributed by atoms with Crippen molar-refractivity contribution in [3.63, 3.8) is 0 Å². The van der Waals surface area contributed by atoms with Gasteiger partial charge in [-0.25, -0.2) is 0 Å². The highest BCUT2D eigenvalue weighted by Gasteiger charge is 2.25. The molecule has 0 amide bonds. The summed E-state index contributed by atoms with van der Waals surface area (Å²) in [5, 5.41) is 0.947. The van der Waals surface area contributed by atoms with Crippen molar-refractivity contribution in [3.8, 4) is 0 Å². The number of rotatable bonds is 3. The molecule has 1 aromatic rings. The third kappa shape index (κ3) is 2.85. The normalized spacial score (nSPS) is 20.3. The van der Waals surface area contributed by atoms with Crippen molar-refractivity contribution in [2.45, 2.75) is 32.5 Å². The molecule has 1 aliphatic heterocycles. The highest BCUT2D eigenvalue weighted by Crippen LogP contribution is 2.30. The van der Waals surface area contributed by atoms with Crippen LogP contribution in [0.25, 0.3) is 0 Å². The first-order valence-corrected chi connectivity index (χ1v) is 7.64. The lowest BCUT2D eigenvalue weighted by molar-refractivity contribution is 0.422. The predicted molar refractivity (Wildman–Crippen MR) is 79.0 cm³/mol. The molecule has 1 unspecified atom stereocenters. The van der Waals surface area contributed by atoms with Crippen molar-refractivity contribution >= 4 is 21.6 Å². The second-order valence-electron chi connectivity index (χ2n) is 5.49. The van der Waals surface area contributed by atoms with E-state index in [9.17, 15) is 0 Å². The van der Waals surface area contributed by atoms with Crippen LogP contribution in [-0.4, -0.2) is 13.1 Å². The van der Waals surface area contributed by atoms with Crippen molar-refractivity contribution in [2.75, 3.05) is 18.0 Å². The molecule has 0 bridgehead atoms. The zero-order valence-electron chi connectivity index (χ0n) is 11.0. The third-order valence-corrected chi connectivity index (χ3v) is 4.57. The Hall–Kier alpha value is -0.500. The number of hydrogen-bond donors (Lipinski definition) is 0. The van der Waals surface area contributed by atoms with Crippen molar-refractivity contribution in [1.29, 1.82) is 0 Å². The van der Waals surface area contributed by atoms with Crippen LogP contribution in [0.4, 0.5) is 5.69 Å². The molecule has 1 aliphatic rings. The first-order valence-electron chi connectivity index (χ1n) is 6.52. The van der Waals surface area contributed by atoms with Crippen LogP contribution in [0.15, 0.2) is 18.2 Å². The second-order valence-corrected chi connectivity index (χ2v) is 6.05. The van der Waals surface area contributed by atoms with E-state index in [0.29, 0.717) is 0 Å². The van der Waals surface area contributed by atoms with E-state index in [0.717, 1.165) is 17.2 Å². The average Bonchev–Trinajstić information content (AvgIpc) is 2.78. The van der Waals surface area contributed by atoms with Gasteiger partial charge in [0, 0.05) is 24.1 Å². The summed E-state index contributed by atoms with van der Waals surface area (Å²) in [5.74, 6) is 1.67. The summed E-state index contributed by atoms with van der Waals surface area (Å²) in [6.07, 6.45) is 1.34. The molecule has 2 rings (SSSR count). The Morgan fingerprint density at radius 1 is 1.41 bits per heavy atom. The summed E-state index contributed by atoms with van der Waals surface area (Å²) in [7, 11) is 0. The van der Waals surface area contributed by atoms with Gasteiger partial charge in [0.05, 0.1) is 0 Å². The number of hydrogen-bond acceptors (Lipinski definition) is 1. The minimum atomic E-state index is 0.808. The van der Waals surface area contributed by atoms with Crippen LogP contribution >= 0.6 is 15.9 Å². The van der Waals surface area contributed by atoms with E-state index < -0.39 is 0 Å². The highest BCUT2D eigenvalue weighted by atomic mass is 79.9. The van der Waals surface area contributed by atoms with Crippen LogP contribution in [-0.2, 0) is 5.33 Å². The van der Waals surface area contributed by atoms with Crippen LogP contribution in [0.5, 0.6) is 0 Å². The monoisotopic (exact) mass is 295 g/mol. The van der Waals surface area contributed by atoms with E-state index in [4.69, 9.17) is 0 Å². The average molecular weight is 296 g/mol. The van der Waals surface area contributed by atoms with Gasteiger partial charge in [-0.1, -0.05) is 41.9 Å². The van der Waals surface area contributed by atoms with Gasteiger partial charge >= 0.3 is 0 Å². The summed E-state index contributed by atoms with van der Waals surface area (Å²) < 4.78 is 0. The molecule has 0 N–H and O–H groups in total. The molecule has 17 heavy (non-hydrogen) atoms. The molecule has 1 heterocycles. The summed E-state index contributed by atoms with van der Waals surface area (Å²) in [4.78, 5) is 2.55. The van der Waals surface area contributed by atoms with Crippen molar-refractivity contribution < 1.29 is 0 Å². The summed E-state index contributed by atoms with van der Waals surface area (Å²) in [6, 6.07) is 6.82. The number of benzene rings is 1. The van der Waals surface area contributed by atoms with Gasteiger partial charge in [0.2, 0.25) is 0 Å². The SMILES string of the molecule is Cc1cc(CBr)ccc1N1CCC(C(C)C)C1. The Bertz CT molecular complexity index is 387. The quantitative estimate of drug-likeness (QED) is 0.749. The van der Waals surface area contributed by atoms with Gasteiger partial charge in [-0.15, -0.1) is 0 Å². The van der Waals surface area contributed by atoms with Crippen LogP contribution in [0.3, 0.4) is 0 Å². The highest BCUT2D eigenvalue weighted by molar-refractivity contribution is 9.08. The third-order valence-electron chi connectivity index (χ3n) is 3.92. The largest absolute Gasteiger partial charge is 0.371 e. The minimum absolute atomic E-state index is 0.808. The zero-order valence-corrected chi connectivity index (χ0v) is 12.6. The molecule has 1 fully saturated rings. The van der Waals surface area contributed by atoms with E-state index >= 15 is 0 Å². The van der Waals surface area contributed by atoms with Gasteiger partial charge in [0.25, 0.3) is 0 Å². The van der Waals surface area contributed by atoms with E-state index in [2.05, 4.69) is 59.8 Å². The number of aryl methyl sites for hydroxylation is 1. The fourth-order valence-electron chi connectivity index (χ4n) is 2.71. The molecule has 0 saturated carbocycles. The number of nitrogens with zero attached hydrogens (tertiary/aromatic N) is 1.